The molecule has 2 rings (SSSR count). The highest BCUT2D eigenvalue weighted by molar-refractivity contribution is 5.81. The Hall–Kier alpha value is -3.67. The largest absolute Gasteiger partial charge is 0.256 e. The molecule has 5 heteroatoms. The molecule has 0 amide bonds. The number of nitrogens with zero attached hydrogens (tertiary/aromatic N) is 5. The molecule has 0 radical (unpaired) electrons. The lowest BCUT2D eigenvalue weighted by molar-refractivity contribution is 1.26. The van der Waals surface area contributed by atoms with Crippen molar-refractivity contribution >= 4 is 5.69 Å². The Labute approximate surface area is 121 Å². The smallest absolute Gasteiger partial charge is 0.206 e. The van der Waals surface area contributed by atoms with Gasteiger partial charge in [-0.05, 0) is 24.6 Å². The monoisotopic (exact) mass is 269 g/mol. The van der Waals surface area contributed by atoms with Crippen molar-refractivity contribution in [3.8, 4) is 29.5 Å². The van der Waals surface area contributed by atoms with Crippen LogP contribution in [0.25, 0.3) is 16.1 Å². The van der Waals surface area contributed by atoms with Crippen LogP contribution in [0.4, 0.5) is 5.69 Å². The molecule has 2 aromatic rings. The minimum absolute atomic E-state index is 0.0467. The summed E-state index contributed by atoms with van der Waals surface area (Å²) in [6, 6.07) is 10.6. The van der Waals surface area contributed by atoms with Gasteiger partial charge in [0, 0.05) is 11.8 Å². The van der Waals surface area contributed by atoms with Crippen molar-refractivity contribution in [2.24, 2.45) is 0 Å². The summed E-state index contributed by atoms with van der Waals surface area (Å²) in [7, 11) is 0. The Balaban J connectivity index is 2.89. The average Bonchev–Trinajstić information content (AvgIpc) is 2.53. The van der Waals surface area contributed by atoms with Crippen LogP contribution in [0.2, 0.25) is 0 Å². The van der Waals surface area contributed by atoms with E-state index in [1.165, 1.54) is 6.07 Å². The first kappa shape index (κ1) is 13.8. The van der Waals surface area contributed by atoms with Gasteiger partial charge in [0.1, 0.15) is 12.1 Å². The van der Waals surface area contributed by atoms with E-state index >= 15 is 0 Å². The van der Waals surface area contributed by atoms with Gasteiger partial charge in [0.2, 0.25) is 5.69 Å². The summed E-state index contributed by atoms with van der Waals surface area (Å²) >= 11 is 0. The zero-order valence-corrected chi connectivity index (χ0v) is 11.0. The summed E-state index contributed by atoms with van der Waals surface area (Å²) in [5, 5.41) is 27.6. The zero-order chi connectivity index (χ0) is 15.4. The molecular weight excluding hydrogens is 262 g/mol. The van der Waals surface area contributed by atoms with Gasteiger partial charge in [-0.15, -0.1) is 0 Å². The minimum atomic E-state index is -0.0779. The van der Waals surface area contributed by atoms with Crippen LogP contribution in [-0.4, -0.2) is 4.98 Å². The van der Waals surface area contributed by atoms with Crippen molar-refractivity contribution in [3.05, 3.63) is 58.1 Å². The average molecular weight is 269 g/mol. The highest BCUT2D eigenvalue weighted by atomic mass is 14.7. The number of benzene rings is 1. The van der Waals surface area contributed by atoms with Gasteiger partial charge in [0.25, 0.3) is 0 Å². The molecule has 0 saturated heterocycles. The lowest BCUT2D eigenvalue weighted by Crippen LogP contribution is -1.96. The SMILES string of the molecule is [C-]#[N+]c1cc(-c2ccc(C)cn2)c(C#N)c(C#N)c1C#N. The normalized spacial score (nSPS) is 9.00. The molecule has 1 aromatic heterocycles. The van der Waals surface area contributed by atoms with Crippen molar-refractivity contribution in [1.82, 2.24) is 4.98 Å². The quantitative estimate of drug-likeness (QED) is 0.743. The van der Waals surface area contributed by atoms with E-state index in [2.05, 4.69) is 9.83 Å². The lowest BCUT2D eigenvalue weighted by Gasteiger charge is -2.08. The number of rotatable bonds is 1. The van der Waals surface area contributed by atoms with E-state index in [0.717, 1.165) is 5.56 Å². The molecule has 96 valence electrons. The molecule has 1 aromatic carbocycles. The molecule has 0 bridgehead atoms. The van der Waals surface area contributed by atoms with Gasteiger partial charge in [0.05, 0.1) is 35.0 Å². The van der Waals surface area contributed by atoms with E-state index in [1.54, 1.807) is 12.3 Å². The molecule has 1 heterocycles. The molecular formula is C16H7N5. The van der Waals surface area contributed by atoms with Gasteiger partial charge in [-0.2, -0.15) is 15.8 Å². The van der Waals surface area contributed by atoms with Crippen LogP contribution in [0.15, 0.2) is 24.4 Å². The van der Waals surface area contributed by atoms with Crippen LogP contribution < -0.4 is 0 Å². The fourth-order valence-corrected chi connectivity index (χ4v) is 1.93. The first-order valence-electron chi connectivity index (χ1n) is 5.88. The second kappa shape index (κ2) is 5.54. The van der Waals surface area contributed by atoms with Crippen molar-refractivity contribution in [3.63, 3.8) is 0 Å². The van der Waals surface area contributed by atoms with Gasteiger partial charge >= 0.3 is 0 Å². The van der Waals surface area contributed by atoms with Gasteiger partial charge in [-0.1, -0.05) is 6.07 Å². The molecule has 5 nitrogen and oxygen atoms in total. The molecule has 0 aliphatic rings. The Morgan fingerprint density at radius 3 is 2.19 bits per heavy atom. The second-order valence-corrected chi connectivity index (χ2v) is 4.24. The molecule has 0 saturated carbocycles. The Morgan fingerprint density at radius 2 is 1.71 bits per heavy atom. The summed E-state index contributed by atoms with van der Waals surface area (Å²) in [5.74, 6) is 0. The minimum Gasteiger partial charge on any atom is -0.256 e. The number of pyridine rings is 1. The fraction of sp³-hybridized carbons (Fsp3) is 0.0625. The topological polar surface area (TPSA) is 88.6 Å². The fourth-order valence-electron chi connectivity index (χ4n) is 1.93. The maximum Gasteiger partial charge on any atom is 0.206 e. The third kappa shape index (κ3) is 2.28. The maximum absolute atomic E-state index is 9.31. The predicted molar refractivity (Wildman–Crippen MR) is 74.8 cm³/mol. The molecule has 0 fully saturated rings. The molecule has 0 atom stereocenters. The van der Waals surface area contributed by atoms with Gasteiger partial charge < -0.3 is 0 Å². The third-order valence-corrected chi connectivity index (χ3v) is 2.95. The standard InChI is InChI=1S/C16H7N5/c1-10-3-4-15(21-9-10)11-5-16(20-2)14(8-19)13(7-18)12(11)6-17/h3-5,9H,1H3. The van der Waals surface area contributed by atoms with E-state index in [0.29, 0.717) is 11.3 Å². The van der Waals surface area contributed by atoms with Gasteiger partial charge in [-0.3, -0.25) is 4.98 Å². The van der Waals surface area contributed by atoms with E-state index in [9.17, 15) is 10.5 Å². The Kier molecular flexibility index (Phi) is 3.63. The number of hydrogen-bond donors (Lipinski definition) is 0. The van der Waals surface area contributed by atoms with Crippen LogP contribution in [0.5, 0.6) is 0 Å². The molecule has 0 N–H and O–H groups in total. The molecule has 0 spiro atoms. The van der Waals surface area contributed by atoms with E-state index < -0.39 is 0 Å². The molecule has 0 aliphatic heterocycles. The maximum atomic E-state index is 9.31. The number of hydrogen-bond acceptors (Lipinski definition) is 4. The van der Waals surface area contributed by atoms with E-state index in [-0.39, 0.29) is 22.4 Å². The van der Waals surface area contributed by atoms with Gasteiger partial charge in [-0.25, -0.2) is 4.85 Å². The number of nitriles is 3. The predicted octanol–water partition coefficient (Wildman–Crippen LogP) is 3.22. The van der Waals surface area contributed by atoms with Crippen LogP contribution in [0.1, 0.15) is 22.3 Å². The van der Waals surface area contributed by atoms with Crippen molar-refractivity contribution in [1.29, 1.82) is 15.8 Å². The van der Waals surface area contributed by atoms with E-state index in [4.69, 9.17) is 11.8 Å². The van der Waals surface area contributed by atoms with Crippen LogP contribution in [0, 0.1) is 47.5 Å². The summed E-state index contributed by atoms with van der Waals surface area (Å²) < 4.78 is 0. The first-order chi connectivity index (χ1) is 10.2. The van der Waals surface area contributed by atoms with Crippen LogP contribution in [-0.2, 0) is 0 Å². The highest BCUT2D eigenvalue weighted by Gasteiger charge is 2.19. The van der Waals surface area contributed by atoms with Crippen LogP contribution >= 0.6 is 0 Å². The third-order valence-electron chi connectivity index (χ3n) is 2.95. The summed E-state index contributed by atoms with van der Waals surface area (Å²) in [6.45, 7) is 9.02. The second-order valence-electron chi connectivity index (χ2n) is 4.24. The highest BCUT2D eigenvalue weighted by Crippen LogP contribution is 2.33. The van der Waals surface area contributed by atoms with Crippen molar-refractivity contribution in [2.45, 2.75) is 6.92 Å². The first-order valence-corrected chi connectivity index (χ1v) is 5.88. The molecule has 0 aliphatic carbocycles. The van der Waals surface area contributed by atoms with Crippen molar-refractivity contribution < 1.29 is 0 Å². The summed E-state index contributed by atoms with van der Waals surface area (Å²) in [5.41, 5.74) is 1.80. The summed E-state index contributed by atoms with van der Waals surface area (Å²) in [6.07, 6.45) is 1.64. The summed E-state index contributed by atoms with van der Waals surface area (Å²) in [4.78, 5) is 7.49. The van der Waals surface area contributed by atoms with Gasteiger partial charge in [0.15, 0.2) is 0 Å². The number of aryl methyl sites for hydroxylation is 1. The Morgan fingerprint density at radius 1 is 1.05 bits per heavy atom. The number of aromatic nitrogens is 1. The Bertz CT molecular complexity index is 881. The van der Waals surface area contributed by atoms with Crippen molar-refractivity contribution in [2.75, 3.05) is 0 Å². The van der Waals surface area contributed by atoms with Crippen LogP contribution in [0.3, 0.4) is 0 Å². The molecule has 21 heavy (non-hydrogen) atoms. The lowest BCUT2D eigenvalue weighted by atomic mass is 9.94. The molecule has 0 unspecified atom stereocenters. The zero-order valence-electron chi connectivity index (χ0n) is 11.0. The van der Waals surface area contributed by atoms with E-state index in [1.807, 2.05) is 31.2 Å².